The molecule has 9 nitrogen and oxygen atoms in total. The van der Waals surface area contributed by atoms with Gasteiger partial charge in [0.25, 0.3) is 17.7 Å². The van der Waals surface area contributed by atoms with Gasteiger partial charge in [0.05, 0.1) is 22.4 Å². The number of anilines is 2. The summed E-state index contributed by atoms with van der Waals surface area (Å²) in [5.74, 6) is -2.10. The minimum atomic E-state index is -1.16. The fraction of sp³-hybridized carbons (Fsp3) is 0.154. The van der Waals surface area contributed by atoms with Crippen molar-refractivity contribution in [3.63, 3.8) is 0 Å². The lowest BCUT2D eigenvalue weighted by Gasteiger charge is -2.19. The highest BCUT2D eigenvalue weighted by Gasteiger charge is 2.37. The lowest BCUT2D eigenvalue weighted by Crippen LogP contribution is -2.30. The van der Waals surface area contributed by atoms with E-state index in [9.17, 15) is 23.6 Å². The van der Waals surface area contributed by atoms with E-state index in [0.717, 1.165) is 17.0 Å². The molecular weight excluding hydrogens is 471 g/mol. The van der Waals surface area contributed by atoms with Crippen molar-refractivity contribution in [1.82, 2.24) is 0 Å². The van der Waals surface area contributed by atoms with Crippen LogP contribution in [-0.2, 0) is 9.53 Å². The van der Waals surface area contributed by atoms with Crippen molar-refractivity contribution in [2.24, 2.45) is 0 Å². The molecule has 5 rings (SSSR count). The number of imide groups is 1. The first-order valence-corrected chi connectivity index (χ1v) is 11.0. The molecular formula is C26H19FN2O7. The molecule has 1 atom stereocenters. The molecule has 10 heteroatoms. The fourth-order valence-corrected chi connectivity index (χ4v) is 3.84. The normalized spacial score (nSPS) is 14.8. The lowest BCUT2D eigenvalue weighted by molar-refractivity contribution is -0.123. The van der Waals surface area contributed by atoms with E-state index in [0.29, 0.717) is 30.4 Å². The van der Waals surface area contributed by atoms with Crippen molar-refractivity contribution in [3.05, 3.63) is 83.2 Å². The standard InChI is InChI=1S/C26H19FN2O7/c1-14(23(30)28-17-5-9-21-22(13-17)35-11-10-34-21)36-26(33)15-2-8-19-20(12-15)25(32)29(24(19)31)18-6-3-16(27)4-7-18/h2-9,12-14H,10-11H2,1H3,(H,28,30). The van der Waals surface area contributed by atoms with Crippen molar-refractivity contribution in [3.8, 4) is 11.5 Å². The van der Waals surface area contributed by atoms with Gasteiger partial charge in [0.1, 0.15) is 19.0 Å². The Morgan fingerprint density at radius 2 is 1.61 bits per heavy atom. The van der Waals surface area contributed by atoms with E-state index < -0.39 is 35.6 Å². The summed E-state index contributed by atoms with van der Waals surface area (Å²) in [5.41, 5.74) is 0.748. The third-order valence-electron chi connectivity index (χ3n) is 5.67. The molecule has 3 aromatic rings. The van der Waals surface area contributed by atoms with Crippen LogP contribution in [-0.4, -0.2) is 43.0 Å². The molecule has 2 heterocycles. The Balaban J connectivity index is 1.27. The number of carbonyl (C=O) groups excluding carboxylic acids is 4. The molecule has 0 radical (unpaired) electrons. The summed E-state index contributed by atoms with van der Waals surface area (Å²) >= 11 is 0. The third kappa shape index (κ3) is 4.24. The number of esters is 1. The molecule has 2 aliphatic heterocycles. The van der Waals surface area contributed by atoms with Gasteiger partial charge in [-0.1, -0.05) is 0 Å². The van der Waals surface area contributed by atoms with Crippen LogP contribution in [0.1, 0.15) is 38.0 Å². The Labute approximate surface area is 204 Å². The number of nitrogens with zero attached hydrogens (tertiary/aromatic N) is 1. The second-order valence-electron chi connectivity index (χ2n) is 8.08. The van der Waals surface area contributed by atoms with E-state index in [-0.39, 0.29) is 22.4 Å². The highest BCUT2D eigenvalue weighted by Crippen LogP contribution is 2.33. The molecule has 36 heavy (non-hydrogen) atoms. The van der Waals surface area contributed by atoms with Crippen LogP contribution in [0.4, 0.5) is 15.8 Å². The summed E-state index contributed by atoms with van der Waals surface area (Å²) in [6, 6.07) is 13.7. The quantitative estimate of drug-likeness (QED) is 0.430. The zero-order chi connectivity index (χ0) is 25.4. The smallest absolute Gasteiger partial charge is 0.338 e. The second kappa shape index (κ2) is 9.14. The van der Waals surface area contributed by atoms with E-state index >= 15 is 0 Å². The van der Waals surface area contributed by atoms with Crippen molar-refractivity contribution in [2.75, 3.05) is 23.4 Å². The Morgan fingerprint density at radius 3 is 2.36 bits per heavy atom. The van der Waals surface area contributed by atoms with Crippen LogP contribution in [0.15, 0.2) is 60.7 Å². The van der Waals surface area contributed by atoms with Crippen LogP contribution in [0.5, 0.6) is 11.5 Å². The van der Waals surface area contributed by atoms with E-state index in [1.54, 1.807) is 18.2 Å². The second-order valence-corrected chi connectivity index (χ2v) is 8.08. The Bertz CT molecular complexity index is 1400. The van der Waals surface area contributed by atoms with Crippen LogP contribution in [0.25, 0.3) is 0 Å². The Hall–Kier alpha value is -4.73. The summed E-state index contributed by atoms with van der Waals surface area (Å²) in [7, 11) is 0. The molecule has 0 saturated carbocycles. The highest BCUT2D eigenvalue weighted by atomic mass is 19.1. The average molecular weight is 490 g/mol. The number of benzene rings is 3. The van der Waals surface area contributed by atoms with E-state index in [2.05, 4.69) is 5.32 Å². The number of nitrogens with one attached hydrogen (secondary N) is 1. The molecule has 1 unspecified atom stereocenters. The molecule has 0 aromatic heterocycles. The van der Waals surface area contributed by atoms with Gasteiger partial charge in [-0.15, -0.1) is 0 Å². The maximum atomic E-state index is 13.2. The molecule has 2 aliphatic rings. The number of carbonyl (C=O) groups is 4. The van der Waals surface area contributed by atoms with Crippen LogP contribution in [0.2, 0.25) is 0 Å². The average Bonchev–Trinajstić information content (AvgIpc) is 3.13. The predicted molar refractivity (Wildman–Crippen MR) is 125 cm³/mol. The van der Waals surface area contributed by atoms with Crippen molar-refractivity contribution in [1.29, 1.82) is 0 Å². The number of halogens is 1. The number of hydrogen-bond donors (Lipinski definition) is 1. The monoisotopic (exact) mass is 490 g/mol. The summed E-state index contributed by atoms with van der Waals surface area (Å²) in [6.45, 7) is 2.25. The van der Waals surface area contributed by atoms with Gasteiger partial charge in [0.15, 0.2) is 17.6 Å². The molecule has 0 spiro atoms. The van der Waals surface area contributed by atoms with Gasteiger partial charge in [-0.05, 0) is 61.5 Å². The van der Waals surface area contributed by atoms with Crippen molar-refractivity contribution in [2.45, 2.75) is 13.0 Å². The third-order valence-corrected chi connectivity index (χ3v) is 5.67. The van der Waals surface area contributed by atoms with Gasteiger partial charge in [0, 0.05) is 11.8 Å². The number of amides is 3. The summed E-state index contributed by atoms with van der Waals surface area (Å²) in [6.07, 6.45) is -1.16. The van der Waals surface area contributed by atoms with Gasteiger partial charge < -0.3 is 19.5 Å². The highest BCUT2D eigenvalue weighted by molar-refractivity contribution is 6.34. The zero-order valence-electron chi connectivity index (χ0n) is 18.9. The summed E-state index contributed by atoms with van der Waals surface area (Å²) in [5, 5.41) is 2.65. The summed E-state index contributed by atoms with van der Waals surface area (Å²) in [4.78, 5) is 51.8. The van der Waals surface area contributed by atoms with Gasteiger partial charge in [-0.3, -0.25) is 14.4 Å². The minimum Gasteiger partial charge on any atom is -0.486 e. The first-order valence-electron chi connectivity index (χ1n) is 11.0. The molecule has 0 aliphatic carbocycles. The lowest BCUT2D eigenvalue weighted by atomic mass is 10.1. The van der Waals surface area contributed by atoms with Crippen LogP contribution in [0, 0.1) is 5.82 Å². The SMILES string of the molecule is CC(OC(=O)c1ccc2c(c1)C(=O)N(c1ccc(F)cc1)C2=O)C(=O)Nc1ccc2c(c1)OCCO2. The Kier molecular flexibility index (Phi) is 5.85. The predicted octanol–water partition coefficient (Wildman–Crippen LogP) is 3.58. The van der Waals surface area contributed by atoms with Crippen molar-refractivity contribution < 1.29 is 37.8 Å². The number of rotatable bonds is 5. The molecule has 3 aromatic carbocycles. The van der Waals surface area contributed by atoms with Gasteiger partial charge in [0.2, 0.25) is 0 Å². The van der Waals surface area contributed by atoms with Crippen LogP contribution < -0.4 is 19.7 Å². The van der Waals surface area contributed by atoms with E-state index in [1.165, 1.54) is 37.3 Å². The first kappa shape index (κ1) is 23.0. The van der Waals surface area contributed by atoms with Gasteiger partial charge in [-0.2, -0.15) is 0 Å². The topological polar surface area (TPSA) is 111 Å². The molecule has 0 saturated heterocycles. The number of hydrogen-bond acceptors (Lipinski definition) is 7. The van der Waals surface area contributed by atoms with E-state index in [4.69, 9.17) is 14.2 Å². The fourth-order valence-electron chi connectivity index (χ4n) is 3.84. The van der Waals surface area contributed by atoms with Crippen LogP contribution >= 0.6 is 0 Å². The maximum Gasteiger partial charge on any atom is 0.338 e. The molecule has 3 amide bonds. The molecule has 182 valence electrons. The van der Waals surface area contributed by atoms with Crippen molar-refractivity contribution >= 4 is 35.1 Å². The number of fused-ring (bicyclic) bond motifs is 2. The summed E-state index contributed by atoms with van der Waals surface area (Å²) < 4.78 is 29.4. The largest absolute Gasteiger partial charge is 0.486 e. The number of ether oxygens (including phenoxy) is 3. The van der Waals surface area contributed by atoms with Gasteiger partial charge in [-0.25, -0.2) is 14.1 Å². The van der Waals surface area contributed by atoms with Gasteiger partial charge >= 0.3 is 5.97 Å². The maximum absolute atomic E-state index is 13.2. The molecule has 0 fully saturated rings. The van der Waals surface area contributed by atoms with Crippen LogP contribution in [0.3, 0.4) is 0 Å². The Morgan fingerprint density at radius 1 is 0.917 bits per heavy atom. The first-order chi connectivity index (χ1) is 17.3. The molecule has 1 N–H and O–H groups in total. The van der Waals surface area contributed by atoms with E-state index in [1.807, 2.05) is 0 Å². The molecule has 0 bridgehead atoms. The minimum absolute atomic E-state index is 0.00478. The zero-order valence-corrected chi connectivity index (χ0v) is 18.9.